The summed E-state index contributed by atoms with van der Waals surface area (Å²) in [5, 5.41) is 4.91. The molecule has 182 valence electrons. The van der Waals surface area contributed by atoms with Crippen molar-refractivity contribution < 1.29 is 4.74 Å². The topological polar surface area (TPSA) is 42.3 Å². The molecule has 0 unspecified atom stereocenters. The van der Waals surface area contributed by atoms with Crippen molar-refractivity contribution in [2.45, 2.75) is 43.9 Å². The molecule has 3 heterocycles. The number of nitrogens with zero attached hydrogens (tertiary/aromatic N) is 3. The third-order valence-electron chi connectivity index (χ3n) is 6.99. The van der Waals surface area contributed by atoms with E-state index in [0.29, 0.717) is 16.2 Å². The summed E-state index contributed by atoms with van der Waals surface area (Å²) in [7, 11) is 0. The first-order valence-electron chi connectivity index (χ1n) is 12.4. The van der Waals surface area contributed by atoms with Crippen molar-refractivity contribution in [3.8, 4) is 11.4 Å². The Kier molecular flexibility index (Phi) is 6.38. The summed E-state index contributed by atoms with van der Waals surface area (Å²) in [6.45, 7) is 0. The molecule has 2 atom stereocenters. The third kappa shape index (κ3) is 4.47. The number of ether oxygens (including phenoxy) is 1. The number of hydrogen-bond donors (Lipinski definition) is 1. The Morgan fingerprint density at radius 1 is 0.917 bits per heavy atom. The number of hydrogen-bond acceptors (Lipinski definition) is 3. The van der Waals surface area contributed by atoms with Gasteiger partial charge in [0.05, 0.1) is 17.8 Å². The van der Waals surface area contributed by atoms with Crippen molar-refractivity contribution in [2.75, 3.05) is 4.90 Å². The van der Waals surface area contributed by atoms with Crippen LogP contribution >= 0.6 is 23.8 Å². The Hall–Kier alpha value is -3.35. The number of nitrogens with one attached hydrogen (secondary N) is 1. The van der Waals surface area contributed by atoms with E-state index in [2.05, 4.69) is 68.4 Å². The van der Waals surface area contributed by atoms with Crippen molar-refractivity contribution in [1.29, 1.82) is 0 Å². The molecular formula is C29H27ClN4OS. The van der Waals surface area contributed by atoms with Crippen LogP contribution in [0.25, 0.3) is 5.69 Å². The lowest BCUT2D eigenvalue weighted by Crippen LogP contribution is -2.30. The van der Waals surface area contributed by atoms with Crippen molar-refractivity contribution in [3.05, 3.63) is 108 Å². The maximum atomic E-state index is 6.34. The quantitative estimate of drug-likeness (QED) is 0.280. The van der Waals surface area contributed by atoms with Gasteiger partial charge in [-0.2, -0.15) is 0 Å². The Morgan fingerprint density at radius 2 is 1.75 bits per heavy atom. The zero-order valence-electron chi connectivity index (χ0n) is 19.8. The van der Waals surface area contributed by atoms with Crippen LogP contribution in [0.15, 0.2) is 91.3 Å². The molecular weight excluding hydrogens is 488 g/mol. The van der Waals surface area contributed by atoms with Crippen LogP contribution in [-0.2, 0) is 0 Å². The second kappa shape index (κ2) is 9.96. The van der Waals surface area contributed by atoms with Gasteiger partial charge in [0.15, 0.2) is 5.11 Å². The van der Waals surface area contributed by atoms with Crippen molar-refractivity contribution in [3.63, 3.8) is 0 Å². The average Bonchev–Trinajstić information content (AvgIpc) is 3.65. The van der Waals surface area contributed by atoms with Gasteiger partial charge in [0.25, 0.3) is 0 Å². The Labute approximate surface area is 221 Å². The highest BCUT2D eigenvalue weighted by Crippen LogP contribution is 2.42. The molecule has 2 fully saturated rings. The van der Waals surface area contributed by atoms with E-state index in [1.165, 1.54) is 12.8 Å². The average molecular weight is 515 g/mol. The van der Waals surface area contributed by atoms with Crippen LogP contribution in [0.5, 0.6) is 5.75 Å². The molecule has 1 aliphatic carbocycles. The normalized spacial score (nSPS) is 20.0. The monoisotopic (exact) mass is 514 g/mol. The van der Waals surface area contributed by atoms with E-state index >= 15 is 0 Å². The molecule has 1 aliphatic heterocycles. The molecule has 2 aliphatic rings. The van der Waals surface area contributed by atoms with E-state index < -0.39 is 0 Å². The van der Waals surface area contributed by atoms with Crippen LogP contribution in [0.1, 0.15) is 49.2 Å². The van der Waals surface area contributed by atoms with Crippen LogP contribution in [0, 0.1) is 0 Å². The highest BCUT2D eigenvalue weighted by Gasteiger charge is 2.42. The van der Waals surface area contributed by atoms with Gasteiger partial charge in [-0.3, -0.25) is 4.98 Å². The Balaban J connectivity index is 1.40. The second-order valence-electron chi connectivity index (χ2n) is 9.30. The van der Waals surface area contributed by atoms with Gasteiger partial charge in [-0.05, 0) is 105 Å². The van der Waals surface area contributed by atoms with Gasteiger partial charge < -0.3 is 19.5 Å². The zero-order chi connectivity index (χ0) is 24.5. The van der Waals surface area contributed by atoms with E-state index in [9.17, 15) is 0 Å². The molecule has 7 heteroatoms. The summed E-state index contributed by atoms with van der Waals surface area (Å²) < 4.78 is 8.38. The van der Waals surface area contributed by atoms with Crippen molar-refractivity contribution in [1.82, 2.24) is 14.9 Å². The second-order valence-corrected chi connectivity index (χ2v) is 10.1. The smallest absolute Gasteiger partial charge is 0.174 e. The summed E-state index contributed by atoms with van der Waals surface area (Å²) >= 11 is 12.2. The largest absolute Gasteiger partial charge is 0.490 e. The molecule has 6 rings (SSSR count). The lowest BCUT2D eigenvalue weighted by atomic mass is 10.0. The minimum absolute atomic E-state index is 0.122. The summed E-state index contributed by atoms with van der Waals surface area (Å²) in [6.07, 6.45) is 8.98. The molecule has 1 saturated carbocycles. The minimum atomic E-state index is -0.124. The molecule has 1 saturated heterocycles. The van der Waals surface area contributed by atoms with Gasteiger partial charge in [0, 0.05) is 34.5 Å². The molecule has 1 N–H and O–H groups in total. The lowest BCUT2D eigenvalue weighted by Gasteiger charge is -2.29. The molecule has 0 amide bonds. The predicted molar refractivity (Wildman–Crippen MR) is 148 cm³/mol. The summed E-state index contributed by atoms with van der Waals surface area (Å²) in [4.78, 5) is 6.86. The van der Waals surface area contributed by atoms with Gasteiger partial charge in [0.2, 0.25) is 0 Å². The van der Waals surface area contributed by atoms with Gasteiger partial charge in [-0.15, -0.1) is 0 Å². The fourth-order valence-electron chi connectivity index (χ4n) is 5.31. The third-order valence-corrected chi connectivity index (χ3v) is 7.54. The number of thiocarbonyl (C=S) groups is 1. The van der Waals surface area contributed by atoms with Crippen molar-refractivity contribution in [2.24, 2.45) is 0 Å². The molecule has 0 bridgehead atoms. The molecule has 0 radical (unpaired) electrons. The number of benzene rings is 2. The van der Waals surface area contributed by atoms with Crippen LogP contribution < -0.4 is 15.0 Å². The first-order chi connectivity index (χ1) is 17.7. The van der Waals surface area contributed by atoms with Crippen LogP contribution in [0.3, 0.4) is 0 Å². The molecule has 5 nitrogen and oxygen atoms in total. The summed E-state index contributed by atoms with van der Waals surface area (Å²) in [6, 6.07) is 26.1. The molecule has 36 heavy (non-hydrogen) atoms. The zero-order valence-corrected chi connectivity index (χ0v) is 21.3. The van der Waals surface area contributed by atoms with Crippen molar-refractivity contribution >= 4 is 34.6 Å². The molecule has 4 aromatic rings. The number of halogens is 1. The number of pyridine rings is 1. The molecule has 0 spiro atoms. The van der Waals surface area contributed by atoms with E-state index in [4.69, 9.17) is 28.6 Å². The summed E-state index contributed by atoms with van der Waals surface area (Å²) in [5.41, 5.74) is 4.04. The SMILES string of the molecule is S=C1N[C@@H](c2ccccn2)[C@@H](c2cccn2-c2cccc(Cl)c2)N1c1ccc(OC2CCCC2)cc1. The minimum Gasteiger partial charge on any atom is -0.490 e. The van der Waals surface area contributed by atoms with Gasteiger partial charge >= 0.3 is 0 Å². The fraction of sp³-hybridized carbons (Fsp3) is 0.241. The number of anilines is 1. The fourth-order valence-corrected chi connectivity index (χ4v) is 5.84. The first kappa shape index (κ1) is 23.1. The first-order valence-corrected chi connectivity index (χ1v) is 13.2. The van der Waals surface area contributed by atoms with Crippen LogP contribution in [0.2, 0.25) is 5.02 Å². The van der Waals surface area contributed by atoms with E-state index in [1.807, 2.05) is 42.6 Å². The van der Waals surface area contributed by atoms with E-state index in [1.54, 1.807) is 0 Å². The van der Waals surface area contributed by atoms with E-state index in [-0.39, 0.29) is 12.1 Å². The lowest BCUT2D eigenvalue weighted by molar-refractivity contribution is 0.210. The van der Waals surface area contributed by atoms with Crippen LogP contribution in [-0.4, -0.2) is 20.8 Å². The Bertz CT molecular complexity index is 1350. The Morgan fingerprint density at radius 3 is 2.50 bits per heavy atom. The van der Waals surface area contributed by atoms with E-state index in [0.717, 1.165) is 41.4 Å². The highest BCUT2D eigenvalue weighted by atomic mass is 35.5. The predicted octanol–water partition coefficient (Wildman–Crippen LogP) is 7.02. The molecule has 2 aromatic carbocycles. The van der Waals surface area contributed by atoms with Crippen LogP contribution in [0.4, 0.5) is 5.69 Å². The molecule has 2 aromatic heterocycles. The summed E-state index contributed by atoms with van der Waals surface area (Å²) in [5.74, 6) is 0.906. The number of aromatic nitrogens is 2. The maximum Gasteiger partial charge on any atom is 0.174 e. The van der Waals surface area contributed by atoms with Gasteiger partial charge in [-0.1, -0.05) is 23.7 Å². The maximum absolute atomic E-state index is 6.34. The highest BCUT2D eigenvalue weighted by molar-refractivity contribution is 7.80. The van der Waals surface area contributed by atoms with Gasteiger partial charge in [0.1, 0.15) is 11.8 Å². The number of rotatable bonds is 6. The standard InChI is InChI=1S/C29H27ClN4OS/c30-20-7-5-8-22(19-20)33-18-6-12-26(33)28-27(25-11-3-4-17-31-25)32-29(36)34(28)21-13-15-24(16-14-21)35-23-9-1-2-10-23/h3-8,11-19,23,27-28H,1-2,9-10H2,(H,32,36)/t27-,28+/m0/s1. The van der Waals surface area contributed by atoms with Gasteiger partial charge in [-0.25, -0.2) is 0 Å².